The summed E-state index contributed by atoms with van der Waals surface area (Å²) in [4.78, 5) is 1.06. The van der Waals surface area contributed by atoms with Crippen LogP contribution in [0.3, 0.4) is 0 Å². The molecule has 0 saturated carbocycles. The van der Waals surface area contributed by atoms with Gasteiger partial charge < -0.3 is 5.11 Å². The summed E-state index contributed by atoms with van der Waals surface area (Å²) < 4.78 is 2.56. The van der Waals surface area contributed by atoms with Crippen LogP contribution < -0.4 is 0 Å². The van der Waals surface area contributed by atoms with E-state index in [9.17, 15) is 5.11 Å². The predicted octanol–water partition coefficient (Wildman–Crippen LogP) is 4.53. The van der Waals surface area contributed by atoms with Crippen molar-refractivity contribution in [3.05, 3.63) is 57.3 Å². The van der Waals surface area contributed by atoms with Gasteiger partial charge in [-0.25, -0.2) is 0 Å². The van der Waals surface area contributed by atoms with E-state index in [2.05, 4.69) is 35.7 Å². The molecule has 96 valence electrons. The molecular weight excluding hydrogens is 272 g/mol. The van der Waals surface area contributed by atoms with Gasteiger partial charge in [0.2, 0.25) is 0 Å². The SMILES string of the molecule is OC(c1ccc2c(c1)CCC2)c1cc2sccc2s1. The maximum absolute atomic E-state index is 10.6. The molecule has 1 aromatic carbocycles. The highest BCUT2D eigenvalue weighted by atomic mass is 32.1. The van der Waals surface area contributed by atoms with E-state index >= 15 is 0 Å². The zero-order valence-corrected chi connectivity index (χ0v) is 12.1. The molecule has 1 unspecified atom stereocenters. The lowest BCUT2D eigenvalue weighted by Crippen LogP contribution is -1.98. The Hall–Kier alpha value is -1.16. The van der Waals surface area contributed by atoms with Crippen molar-refractivity contribution in [1.29, 1.82) is 0 Å². The van der Waals surface area contributed by atoms with Gasteiger partial charge in [0.1, 0.15) is 6.10 Å². The molecule has 19 heavy (non-hydrogen) atoms. The molecule has 0 aliphatic heterocycles. The summed E-state index contributed by atoms with van der Waals surface area (Å²) in [7, 11) is 0. The van der Waals surface area contributed by atoms with Gasteiger partial charge in [-0.3, -0.25) is 0 Å². The Bertz CT molecular complexity index is 710. The average molecular weight is 286 g/mol. The average Bonchev–Trinajstić information content (AvgIpc) is 3.11. The van der Waals surface area contributed by atoms with Crippen LogP contribution in [-0.2, 0) is 12.8 Å². The van der Waals surface area contributed by atoms with E-state index in [0.717, 1.165) is 16.9 Å². The second-order valence-corrected chi connectivity index (χ2v) is 7.15. The van der Waals surface area contributed by atoms with Gasteiger partial charge in [-0.1, -0.05) is 18.2 Å². The van der Waals surface area contributed by atoms with Crippen molar-refractivity contribution >= 4 is 32.1 Å². The van der Waals surface area contributed by atoms with Crippen molar-refractivity contribution in [3.63, 3.8) is 0 Å². The first kappa shape index (κ1) is 11.6. The van der Waals surface area contributed by atoms with Crippen LogP contribution in [0.2, 0.25) is 0 Å². The maximum Gasteiger partial charge on any atom is 0.113 e. The second kappa shape index (κ2) is 4.44. The Labute approximate surface area is 120 Å². The molecule has 0 fully saturated rings. The van der Waals surface area contributed by atoms with Gasteiger partial charge in [-0.2, -0.15) is 0 Å². The van der Waals surface area contributed by atoms with E-state index in [-0.39, 0.29) is 0 Å². The third-order valence-corrected chi connectivity index (χ3v) is 6.01. The third kappa shape index (κ3) is 1.93. The van der Waals surface area contributed by atoms with Crippen LogP contribution in [0.15, 0.2) is 35.7 Å². The molecule has 0 saturated heterocycles. The van der Waals surface area contributed by atoms with Crippen LogP contribution in [0.4, 0.5) is 0 Å². The molecule has 3 heteroatoms. The monoisotopic (exact) mass is 286 g/mol. The van der Waals surface area contributed by atoms with Crippen LogP contribution in [0.25, 0.3) is 9.40 Å². The summed E-state index contributed by atoms with van der Waals surface area (Å²) in [6, 6.07) is 10.7. The largest absolute Gasteiger partial charge is 0.383 e. The number of hydrogen-bond acceptors (Lipinski definition) is 3. The van der Waals surface area contributed by atoms with Crippen LogP contribution in [-0.4, -0.2) is 5.11 Å². The molecule has 1 nitrogen and oxygen atoms in total. The van der Waals surface area contributed by atoms with Gasteiger partial charge >= 0.3 is 0 Å². The molecule has 1 aliphatic carbocycles. The smallest absolute Gasteiger partial charge is 0.113 e. The molecule has 1 atom stereocenters. The molecular formula is C16H14OS2. The van der Waals surface area contributed by atoms with Crippen molar-refractivity contribution in [2.45, 2.75) is 25.4 Å². The fourth-order valence-corrected chi connectivity index (χ4v) is 4.98. The minimum atomic E-state index is -0.476. The lowest BCUT2D eigenvalue weighted by Gasteiger charge is -2.10. The van der Waals surface area contributed by atoms with Crippen LogP contribution >= 0.6 is 22.7 Å². The molecule has 2 aromatic heterocycles. The topological polar surface area (TPSA) is 20.2 Å². The van der Waals surface area contributed by atoms with E-state index in [1.807, 2.05) is 0 Å². The number of aryl methyl sites for hydroxylation is 2. The van der Waals surface area contributed by atoms with Gasteiger partial charge in [0.25, 0.3) is 0 Å². The molecule has 4 rings (SSSR count). The molecule has 3 aromatic rings. The fraction of sp³-hybridized carbons (Fsp3) is 0.250. The highest BCUT2D eigenvalue weighted by Crippen LogP contribution is 2.36. The number of aliphatic hydroxyl groups is 1. The first-order valence-electron chi connectivity index (χ1n) is 6.58. The van der Waals surface area contributed by atoms with Crippen molar-refractivity contribution in [2.75, 3.05) is 0 Å². The highest BCUT2D eigenvalue weighted by molar-refractivity contribution is 7.26. The van der Waals surface area contributed by atoms with Crippen LogP contribution in [0.5, 0.6) is 0 Å². The van der Waals surface area contributed by atoms with E-state index < -0.39 is 6.10 Å². The minimum Gasteiger partial charge on any atom is -0.383 e. The lowest BCUT2D eigenvalue weighted by atomic mass is 10.0. The summed E-state index contributed by atoms with van der Waals surface area (Å²) in [5.74, 6) is 0. The zero-order valence-electron chi connectivity index (χ0n) is 10.4. The summed E-state index contributed by atoms with van der Waals surface area (Å²) in [6.07, 6.45) is 3.13. The van der Waals surface area contributed by atoms with E-state index in [0.29, 0.717) is 0 Å². The maximum atomic E-state index is 10.6. The van der Waals surface area contributed by atoms with Gasteiger partial charge in [0.15, 0.2) is 0 Å². The predicted molar refractivity (Wildman–Crippen MR) is 82.2 cm³/mol. The number of benzene rings is 1. The molecule has 0 spiro atoms. The number of rotatable bonds is 2. The molecule has 0 amide bonds. The second-order valence-electron chi connectivity index (χ2n) is 5.08. The minimum absolute atomic E-state index is 0.476. The first-order valence-corrected chi connectivity index (χ1v) is 8.27. The molecule has 0 bridgehead atoms. The van der Waals surface area contributed by atoms with Crippen LogP contribution in [0, 0.1) is 0 Å². The van der Waals surface area contributed by atoms with Crippen molar-refractivity contribution in [3.8, 4) is 0 Å². The van der Waals surface area contributed by atoms with E-state index in [4.69, 9.17) is 0 Å². The van der Waals surface area contributed by atoms with E-state index in [1.54, 1.807) is 22.7 Å². The summed E-state index contributed by atoms with van der Waals surface area (Å²) in [6.45, 7) is 0. The van der Waals surface area contributed by atoms with Gasteiger partial charge in [0.05, 0.1) is 0 Å². The highest BCUT2D eigenvalue weighted by Gasteiger charge is 2.17. The Morgan fingerprint density at radius 3 is 2.79 bits per heavy atom. The summed E-state index contributed by atoms with van der Waals surface area (Å²) >= 11 is 3.44. The summed E-state index contributed by atoms with van der Waals surface area (Å²) in [5.41, 5.74) is 3.92. The Kier molecular flexibility index (Phi) is 2.72. The van der Waals surface area contributed by atoms with Gasteiger partial charge in [-0.15, -0.1) is 22.7 Å². The number of aliphatic hydroxyl groups excluding tert-OH is 1. The Morgan fingerprint density at radius 1 is 1.00 bits per heavy atom. The number of fused-ring (bicyclic) bond motifs is 2. The molecule has 1 N–H and O–H groups in total. The molecule has 2 heterocycles. The number of hydrogen-bond donors (Lipinski definition) is 1. The first-order chi connectivity index (χ1) is 9.31. The number of thiophene rings is 2. The van der Waals surface area contributed by atoms with E-state index in [1.165, 1.54) is 33.4 Å². The van der Waals surface area contributed by atoms with Crippen molar-refractivity contribution < 1.29 is 5.11 Å². The van der Waals surface area contributed by atoms with Crippen LogP contribution in [0.1, 0.15) is 34.1 Å². The quantitative estimate of drug-likeness (QED) is 0.733. The zero-order chi connectivity index (χ0) is 12.8. The molecule has 0 radical (unpaired) electrons. The normalized spacial score (nSPS) is 15.8. The molecule has 1 aliphatic rings. The third-order valence-electron chi connectivity index (χ3n) is 3.87. The fourth-order valence-electron chi connectivity index (χ4n) is 2.85. The Morgan fingerprint density at radius 2 is 1.89 bits per heavy atom. The Balaban J connectivity index is 1.73. The van der Waals surface area contributed by atoms with Crippen molar-refractivity contribution in [1.82, 2.24) is 0 Å². The van der Waals surface area contributed by atoms with Gasteiger partial charge in [-0.05, 0) is 53.5 Å². The standard InChI is InChI=1S/C16H14OS2/c17-16(15-9-14-13(19-15)6-7-18-14)12-5-4-10-2-1-3-11(10)8-12/h4-9,16-17H,1-3H2. The summed E-state index contributed by atoms with van der Waals surface area (Å²) in [5, 5.41) is 12.7. The lowest BCUT2D eigenvalue weighted by molar-refractivity contribution is 0.224. The van der Waals surface area contributed by atoms with Crippen molar-refractivity contribution in [2.24, 2.45) is 0 Å². The van der Waals surface area contributed by atoms with Gasteiger partial charge in [0, 0.05) is 14.3 Å².